The number of fused-ring (bicyclic) bond motifs is 1. The van der Waals surface area contributed by atoms with Crippen molar-refractivity contribution in [2.24, 2.45) is 0 Å². The van der Waals surface area contributed by atoms with E-state index in [0.717, 1.165) is 0 Å². The minimum absolute atomic E-state index is 0.0338. The van der Waals surface area contributed by atoms with Crippen LogP contribution in [0.25, 0.3) is 0 Å². The Hall–Kier alpha value is -1.75. The van der Waals surface area contributed by atoms with Gasteiger partial charge in [-0.1, -0.05) is 0 Å². The Kier molecular flexibility index (Phi) is 4.24. The van der Waals surface area contributed by atoms with Crippen molar-refractivity contribution in [3.63, 3.8) is 0 Å². The number of alkyl halides is 3. The van der Waals surface area contributed by atoms with E-state index in [-0.39, 0.29) is 22.2 Å². The number of aliphatic hydroxyl groups is 1. The van der Waals surface area contributed by atoms with Gasteiger partial charge in [-0.05, 0) is 6.07 Å². The van der Waals surface area contributed by atoms with E-state index in [2.05, 4.69) is 0 Å². The van der Waals surface area contributed by atoms with Gasteiger partial charge in [0, 0.05) is 31.1 Å². The van der Waals surface area contributed by atoms with Gasteiger partial charge in [-0.25, -0.2) is 0 Å². The lowest BCUT2D eigenvalue weighted by atomic mass is 9.97. The van der Waals surface area contributed by atoms with Gasteiger partial charge in [0.2, 0.25) is 5.60 Å². The van der Waals surface area contributed by atoms with Crippen molar-refractivity contribution in [1.82, 2.24) is 0 Å². The summed E-state index contributed by atoms with van der Waals surface area (Å²) in [6, 6.07) is 2.56. The van der Waals surface area contributed by atoms with Gasteiger partial charge >= 0.3 is 6.18 Å². The number of anilines is 2. The fraction of sp³-hybridized carbons (Fsp3) is 0.571. The normalized spacial score (nSPS) is 23.8. The standard InChI is InChI=1S/C14H17F3N2O5/c15-14(16,17)13(8-20)7-9-5-11(19(21)22)10(6-12(9)24-13)18-1-3-23-4-2-18/h5-6,20-22H,1-4,7-8H2. The molecule has 134 valence electrons. The van der Waals surface area contributed by atoms with E-state index >= 15 is 0 Å². The topological polar surface area (TPSA) is 85.6 Å². The van der Waals surface area contributed by atoms with Crippen molar-refractivity contribution in [3.05, 3.63) is 17.7 Å². The summed E-state index contributed by atoms with van der Waals surface area (Å²) in [4.78, 5) is 1.76. The van der Waals surface area contributed by atoms with Crippen LogP contribution in [0.2, 0.25) is 0 Å². The molecule has 0 amide bonds. The van der Waals surface area contributed by atoms with Crippen LogP contribution in [-0.2, 0) is 11.2 Å². The second-order valence-corrected chi connectivity index (χ2v) is 5.77. The number of nitrogens with zero attached hydrogens (tertiary/aromatic N) is 2. The first-order chi connectivity index (χ1) is 11.3. The van der Waals surface area contributed by atoms with Crippen LogP contribution >= 0.6 is 0 Å². The van der Waals surface area contributed by atoms with Crippen LogP contribution in [-0.4, -0.2) is 60.2 Å². The monoisotopic (exact) mass is 350 g/mol. The summed E-state index contributed by atoms with van der Waals surface area (Å²) in [5.74, 6) is -0.0338. The molecular formula is C14H17F3N2O5. The van der Waals surface area contributed by atoms with Crippen LogP contribution in [0.4, 0.5) is 24.5 Å². The maximum atomic E-state index is 13.3. The predicted octanol–water partition coefficient (Wildman–Crippen LogP) is 1.34. The lowest BCUT2D eigenvalue weighted by molar-refractivity contribution is -0.252. The van der Waals surface area contributed by atoms with Gasteiger partial charge in [-0.2, -0.15) is 13.2 Å². The van der Waals surface area contributed by atoms with E-state index in [1.807, 2.05) is 0 Å². The molecule has 2 aliphatic rings. The second-order valence-electron chi connectivity index (χ2n) is 5.77. The van der Waals surface area contributed by atoms with Gasteiger partial charge < -0.3 is 19.5 Å². The molecule has 1 fully saturated rings. The predicted molar refractivity (Wildman–Crippen MR) is 75.7 cm³/mol. The molecule has 1 saturated heterocycles. The van der Waals surface area contributed by atoms with Crippen molar-refractivity contribution in [2.45, 2.75) is 18.2 Å². The van der Waals surface area contributed by atoms with Gasteiger partial charge in [-0.3, -0.25) is 10.4 Å². The molecule has 0 aromatic heterocycles. The van der Waals surface area contributed by atoms with Crippen LogP contribution in [0.15, 0.2) is 12.1 Å². The van der Waals surface area contributed by atoms with E-state index < -0.39 is 24.8 Å². The molecule has 0 radical (unpaired) electrons. The van der Waals surface area contributed by atoms with Crippen molar-refractivity contribution < 1.29 is 38.2 Å². The highest BCUT2D eigenvalue weighted by Crippen LogP contribution is 2.47. The number of aliphatic hydroxyl groups excluding tert-OH is 1. The average molecular weight is 350 g/mol. The van der Waals surface area contributed by atoms with Gasteiger partial charge in [-0.15, -0.1) is 5.23 Å². The number of morpholine rings is 1. The summed E-state index contributed by atoms with van der Waals surface area (Å²) in [7, 11) is 0. The first-order valence-electron chi connectivity index (χ1n) is 7.31. The van der Waals surface area contributed by atoms with E-state index in [4.69, 9.17) is 9.47 Å². The Bertz CT molecular complexity index is 619. The Labute approximate surface area is 135 Å². The Morgan fingerprint density at radius 2 is 1.88 bits per heavy atom. The van der Waals surface area contributed by atoms with Crippen LogP contribution in [0, 0.1) is 0 Å². The van der Waals surface area contributed by atoms with Gasteiger partial charge in [0.1, 0.15) is 11.4 Å². The number of ether oxygens (including phenoxy) is 2. The third kappa shape index (κ3) is 2.75. The Morgan fingerprint density at radius 1 is 1.21 bits per heavy atom. The first-order valence-corrected chi connectivity index (χ1v) is 7.31. The van der Waals surface area contributed by atoms with E-state index in [0.29, 0.717) is 32.0 Å². The third-order valence-corrected chi connectivity index (χ3v) is 4.28. The van der Waals surface area contributed by atoms with Gasteiger partial charge in [0.15, 0.2) is 0 Å². The highest BCUT2D eigenvalue weighted by atomic mass is 19.4. The van der Waals surface area contributed by atoms with E-state index in [9.17, 15) is 28.7 Å². The number of halogens is 3. The molecule has 0 saturated carbocycles. The number of rotatable bonds is 3. The molecule has 7 nitrogen and oxygen atoms in total. The van der Waals surface area contributed by atoms with Gasteiger partial charge in [0.25, 0.3) is 0 Å². The first kappa shape index (κ1) is 17.1. The largest absolute Gasteiger partial charge is 0.475 e. The van der Waals surface area contributed by atoms with Crippen molar-refractivity contribution >= 4 is 11.4 Å². The van der Waals surface area contributed by atoms with Crippen molar-refractivity contribution in [3.8, 4) is 5.75 Å². The van der Waals surface area contributed by atoms with E-state index in [1.54, 1.807) is 4.90 Å². The fourth-order valence-electron chi connectivity index (χ4n) is 2.94. The zero-order chi connectivity index (χ0) is 17.5. The summed E-state index contributed by atoms with van der Waals surface area (Å²) in [6.45, 7) is 0.498. The molecule has 1 aromatic rings. The minimum atomic E-state index is -4.77. The number of benzene rings is 1. The minimum Gasteiger partial charge on any atom is -0.475 e. The third-order valence-electron chi connectivity index (χ3n) is 4.28. The SMILES string of the molecule is OCC1(C(F)(F)F)Cc2cc(N(O)O)c(N3CCOCC3)cc2O1. The second kappa shape index (κ2) is 5.96. The lowest BCUT2D eigenvalue weighted by Gasteiger charge is -2.31. The molecule has 1 unspecified atom stereocenters. The molecule has 0 spiro atoms. The molecule has 1 atom stereocenters. The molecule has 1 aromatic carbocycles. The molecule has 2 heterocycles. The summed E-state index contributed by atoms with van der Waals surface area (Å²) >= 11 is 0. The summed E-state index contributed by atoms with van der Waals surface area (Å²) in [5.41, 5.74) is -2.32. The maximum Gasteiger partial charge on any atom is 0.430 e. The number of hydrogen-bond acceptors (Lipinski definition) is 7. The zero-order valence-corrected chi connectivity index (χ0v) is 12.6. The Morgan fingerprint density at radius 3 is 2.42 bits per heavy atom. The quantitative estimate of drug-likeness (QED) is 0.709. The highest BCUT2D eigenvalue weighted by molar-refractivity contribution is 5.74. The lowest BCUT2D eigenvalue weighted by Crippen LogP contribution is -2.52. The molecule has 3 N–H and O–H groups in total. The average Bonchev–Trinajstić information content (AvgIpc) is 2.93. The Balaban J connectivity index is 2.01. The fourth-order valence-corrected chi connectivity index (χ4v) is 2.94. The smallest absolute Gasteiger partial charge is 0.430 e. The molecule has 2 aliphatic heterocycles. The molecular weight excluding hydrogens is 333 g/mol. The molecule has 24 heavy (non-hydrogen) atoms. The van der Waals surface area contributed by atoms with Gasteiger partial charge in [0.05, 0.1) is 25.5 Å². The zero-order valence-electron chi connectivity index (χ0n) is 12.6. The molecule has 0 bridgehead atoms. The molecule has 3 rings (SSSR count). The van der Waals surface area contributed by atoms with Crippen molar-refractivity contribution in [1.29, 1.82) is 0 Å². The summed E-state index contributed by atoms with van der Waals surface area (Å²) in [5, 5.41) is 28.0. The molecule has 10 heteroatoms. The van der Waals surface area contributed by atoms with Crippen LogP contribution in [0.5, 0.6) is 5.75 Å². The van der Waals surface area contributed by atoms with Crippen LogP contribution in [0.3, 0.4) is 0 Å². The summed E-state index contributed by atoms with van der Waals surface area (Å²) in [6.07, 6.45) is -5.37. The van der Waals surface area contributed by atoms with E-state index in [1.165, 1.54) is 12.1 Å². The van der Waals surface area contributed by atoms with Crippen molar-refractivity contribution in [2.75, 3.05) is 43.0 Å². The number of hydrogen-bond donors (Lipinski definition) is 3. The summed E-state index contributed by atoms with van der Waals surface area (Å²) < 4.78 is 50.1. The maximum absolute atomic E-state index is 13.3. The van der Waals surface area contributed by atoms with Crippen LogP contribution < -0.4 is 14.9 Å². The highest BCUT2D eigenvalue weighted by Gasteiger charge is 2.60. The van der Waals surface area contributed by atoms with Crippen LogP contribution in [0.1, 0.15) is 5.56 Å². The molecule has 0 aliphatic carbocycles.